The smallest absolute Gasteiger partial charge is 0.257 e. The molecule has 0 aliphatic rings. The van der Waals surface area contributed by atoms with E-state index >= 15 is 0 Å². The summed E-state index contributed by atoms with van der Waals surface area (Å²) in [5.74, 6) is 0.269. The van der Waals surface area contributed by atoms with Crippen LogP contribution in [-0.2, 0) is 14.8 Å². The number of sulfonamides is 1. The first kappa shape index (κ1) is 22.7. The molecule has 0 fully saturated rings. The van der Waals surface area contributed by atoms with Crippen molar-refractivity contribution in [2.45, 2.75) is 13.0 Å². The number of rotatable bonds is 11. The zero-order valence-electron chi connectivity index (χ0n) is 16.8. The maximum Gasteiger partial charge on any atom is 0.257 e. The second-order valence-corrected chi connectivity index (χ2v) is 8.31. The minimum atomic E-state index is -3.49. The summed E-state index contributed by atoms with van der Waals surface area (Å²) in [4.78, 5) is 12.5. The normalized spacial score (nSPS) is 12.2. The summed E-state index contributed by atoms with van der Waals surface area (Å²) in [5.41, 5.74) is 1.03. The highest BCUT2D eigenvalue weighted by Crippen LogP contribution is 2.20. The number of ether oxygens (including phenoxy) is 2. The van der Waals surface area contributed by atoms with Gasteiger partial charge in [0.25, 0.3) is 5.91 Å². The molecule has 3 N–H and O–H groups in total. The van der Waals surface area contributed by atoms with Crippen LogP contribution in [0.5, 0.6) is 5.75 Å². The number of amides is 1. The lowest BCUT2D eigenvalue weighted by molar-refractivity contribution is 0.102. The molecule has 2 rings (SSSR count). The Morgan fingerprint density at radius 3 is 2.45 bits per heavy atom. The van der Waals surface area contributed by atoms with Crippen molar-refractivity contribution in [1.82, 2.24) is 5.32 Å². The second-order valence-electron chi connectivity index (χ2n) is 6.56. The highest BCUT2D eigenvalue weighted by molar-refractivity contribution is 7.92. The van der Waals surface area contributed by atoms with Crippen molar-refractivity contribution >= 4 is 27.3 Å². The first-order valence-electron chi connectivity index (χ1n) is 9.12. The fraction of sp³-hybridized carbons (Fsp3) is 0.350. The van der Waals surface area contributed by atoms with Crippen molar-refractivity contribution in [2.24, 2.45) is 0 Å². The Morgan fingerprint density at radius 2 is 1.79 bits per heavy atom. The van der Waals surface area contributed by atoms with E-state index in [-0.39, 0.29) is 17.3 Å². The predicted octanol–water partition coefficient (Wildman–Crippen LogP) is 2.31. The highest BCUT2D eigenvalue weighted by Gasteiger charge is 2.14. The molecule has 158 valence electrons. The van der Waals surface area contributed by atoms with Gasteiger partial charge in [0.05, 0.1) is 24.1 Å². The Morgan fingerprint density at radius 1 is 1.10 bits per heavy atom. The monoisotopic (exact) mass is 421 g/mol. The van der Waals surface area contributed by atoms with Crippen molar-refractivity contribution in [3.05, 3.63) is 54.1 Å². The number of hydrogen-bond acceptors (Lipinski definition) is 6. The summed E-state index contributed by atoms with van der Waals surface area (Å²) in [7, 11) is -1.83. The molecule has 29 heavy (non-hydrogen) atoms. The zero-order valence-corrected chi connectivity index (χ0v) is 17.6. The lowest BCUT2D eigenvalue weighted by Crippen LogP contribution is -2.33. The van der Waals surface area contributed by atoms with Gasteiger partial charge in [0, 0.05) is 25.4 Å². The summed E-state index contributed by atoms with van der Waals surface area (Å²) in [6, 6.07) is 13.6. The van der Waals surface area contributed by atoms with Crippen LogP contribution in [-0.4, -0.2) is 53.5 Å². The zero-order chi connectivity index (χ0) is 21.3. The lowest BCUT2D eigenvalue weighted by Gasteiger charge is -2.13. The second kappa shape index (κ2) is 10.8. The van der Waals surface area contributed by atoms with Crippen LogP contribution in [0.3, 0.4) is 0 Å². The maximum atomic E-state index is 12.5. The SMILES string of the molecule is COCC(C)NCCOc1ccc(NC(=O)c2ccccc2NS(C)(=O)=O)cc1. The van der Waals surface area contributed by atoms with Crippen LogP contribution in [0.1, 0.15) is 17.3 Å². The predicted molar refractivity (Wildman–Crippen MR) is 114 cm³/mol. The molecule has 0 saturated carbocycles. The number of methoxy groups -OCH3 is 1. The van der Waals surface area contributed by atoms with E-state index in [2.05, 4.69) is 15.4 Å². The minimum Gasteiger partial charge on any atom is -0.492 e. The van der Waals surface area contributed by atoms with Crippen molar-refractivity contribution in [3.8, 4) is 5.75 Å². The molecule has 1 unspecified atom stereocenters. The number of carbonyl (C=O) groups excluding carboxylic acids is 1. The number of nitrogens with one attached hydrogen (secondary N) is 3. The van der Waals surface area contributed by atoms with E-state index in [4.69, 9.17) is 9.47 Å². The van der Waals surface area contributed by atoms with Gasteiger partial charge in [0.2, 0.25) is 10.0 Å². The third kappa shape index (κ3) is 8.10. The van der Waals surface area contributed by atoms with Crippen LogP contribution >= 0.6 is 0 Å². The summed E-state index contributed by atoms with van der Waals surface area (Å²) >= 11 is 0. The molecule has 2 aromatic rings. The quantitative estimate of drug-likeness (QED) is 0.481. The Bertz CT molecular complexity index is 901. The van der Waals surface area contributed by atoms with E-state index in [1.54, 1.807) is 49.6 Å². The molecule has 0 spiro atoms. The van der Waals surface area contributed by atoms with Gasteiger partial charge in [-0.05, 0) is 43.3 Å². The van der Waals surface area contributed by atoms with E-state index in [1.165, 1.54) is 6.07 Å². The van der Waals surface area contributed by atoms with Crippen LogP contribution in [0.4, 0.5) is 11.4 Å². The van der Waals surface area contributed by atoms with E-state index in [0.717, 1.165) is 6.26 Å². The summed E-state index contributed by atoms with van der Waals surface area (Å²) < 4.78 is 36.0. The molecule has 9 heteroatoms. The fourth-order valence-corrected chi connectivity index (χ4v) is 3.16. The van der Waals surface area contributed by atoms with Crippen molar-refractivity contribution < 1.29 is 22.7 Å². The number of para-hydroxylation sites is 1. The van der Waals surface area contributed by atoms with E-state index in [1.807, 2.05) is 6.92 Å². The molecule has 0 aliphatic heterocycles. The van der Waals surface area contributed by atoms with Gasteiger partial charge >= 0.3 is 0 Å². The molecule has 0 aliphatic carbocycles. The molecular formula is C20H27N3O5S. The van der Waals surface area contributed by atoms with Gasteiger partial charge in [-0.1, -0.05) is 12.1 Å². The largest absolute Gasteiger partial charge is 0.492 e. The first-order valence-corrected chi connectivity index (χ1v) is 11.0. The Labute approximate surface area is 171 Å². The number of hydrogen-bond donors (Lipinski definition) is 3. The van der Waals surface area contributed by atoms with Crippen molar-refractivity contribution in [1.29, 1.82) is 0 Å². The molecule has 1 amide bonds. The van der Waals surface area contributed by atoms with E-state index in [9.17, 15) is 13.2 Å². The fourth-order valence-electron chi connectivity index (χ4n) is 2.59. The average molecular weight is 422 g/mol. The van der Waals surface area contributed by atoms with Crippen LogP contribution in [0.2, 0.25) is 0 Å². The molecule has 0 saturated heterocycles. The molecule has 0 heterocycles. The molecule has 2 aromatic carbocycles. The van der Waals surface area contributed by atoms with Crippen LogP contribution < -0.4 is 20.1 Å². The van der Waals surface area contributed by atoms with Crippen LogP contribution in [0.25, 0.3) is 0 Å². The topological polar surface area (TPSA) is 106 Å². The summed E-state index contributed by atoms with van der Waals surface area (Å²) in [6.07, 6.45) is 1.04. The van der Waals surface area contributed by atoms with E-state index in [0.29, 0.717) is 31.2 Å². The molecule has 1 atom stereocenters. The molecule has 8 nitrogen and oxygen atoms in total. The third-order valence-corrected chi connectivity index (χ3v) is 4.45. The van der Waals surface area contributed by atoms with Crippen molar-refractivity contribution in [2.75, 3.05) is 43.2 Å². The standard InChI is InChI=1S/C20H27N3O5S/c1-15(14-27-2)21-12-13-28-17-10-8-16(9-11-17)22-20(24)18-6-4-5-7-19(18)23-29(3,25)26/h4-11,15,21,23H,12-14H2,1-3H3,(H,22,24). The van der Waals surface area contributed by atoms with E-state index < -0.39 is 15.9 Å². The van der Waals surface area contributed by atoms with Gasteiger partial charge < -0.3 is 20.1 Å². The van der Waals surface area contributed by atoms with Gasteiger partial charge in [0.1, 0.15) is 12.4 Å². The molecular weight excluding hydrogens is 394 g/mol. The summed E-state index contributed by atoms with van der Waals surface area (Å²) in [5, 5.41) is 6.03. The molecule has 0 aromatic heterocycles. The average Bonchev–Trinajstić information content (AvgIpc) is 2.66. The lowest BCUT2D eigenvalue weighted by atomic mass is 10.1. The number of carbonyl (C=O) groups is 1. The Kier molecular flexibility index (Phi) is 8.44. The van der Waals surface area contributed by atoms with Gasteiger partial charge in [-0.2, -0.15) is 0 Å². The minimum absolute atomic E-state index is 0.225. The third-order valence-electron chi connectivity index (χ3n) is 3.86. The maximum absolute atomic E-state index is 12.5. The highest BCUT2D eigenvalue weighted by atomic mass is 32.2. The van der Waals surface area contributed by atoms with Crippen LogP contribution in [0, 0.1) is 0 Å². The number of benzene rings is 2. The Hall–Kier alpha value is -2.62. The molecule has 0 bridgehead atoms. The van der Waals surface area contributed by atoms with Crippen molar-refractivity contribution in [3.63, 3.8) is 0 Å². The first-order chi connectivity index (χ1) is 13.8. The van der Waals surface area contributed by atoms with Gasteiger partial charge in [-0.15, -0.1) is 0 Å². The van der Waals surface area contributed by atoms with Gasteiger partial charge in [-0.25, -0.2) is 8.42 Å². The summed E-state index contributed by atoms with van der Waals surface area (Å²) in [6.45, 7) is 3.86. The number of anilines is 2. The van der Waals surface area contributed by atoms with Gasteiger partial charge in [-0.3, -0.25) is 9.52 Å². The Balaban J connectivity index is 1.91. The van der Waals surface area contributed by atoms with Gasteiger partial charge in [0.15, 0.2) is 0 Å². The molecule has 0 radical (unpaired) electrons. The van der Waals surface area contributed by atoms with Crippen LogP contribution in [0.15, 0.2) is 48.5 Å².